The van der Waals surface area contributed by atoms with Crippen LogP contribution in [0.4, 0.5) is 14.5 Å². The number of benzene rings is 1. The van der Waals surface area contributed by atoms with Gasteiger partial charge in [-0.25, -0.2) is 8.78 Å². The van der Waals surface area contributed by atoms with Gasteiger partial charge in [-0.1, -0.05) is 0 Å². The summed E-state index contributed by atoms with van der Waals surface area (Å²) in [5, 5.41) is 30.8. The van der Waals surface area contributed by atoms with Gasteiger partial charge in [-0.05, 0) is 43.2 Å². The van der Waals surface area contributed by atoms with Gasteiger partial charge in [-0.2, -0.15) is 5.26 Å². The first-order valence-corrected chi connectivity index (χ1v) is 11.2. The van der Waals surface area contributed by atoms with Gasteiger partial charge in [-0.3, -0.25) is 14.6 Å². The molecule has 1 aliphatic carbocycles. The smallest absolute Gasteiger partial charge is 0.301 e. The molecule has 184 valence electrons. The maximum Gasteiger partial charge on any atom is 0.301 e. The zero-order valence-corrected chi connectivity index (χ0v) is 18.7. The fourth-order valence-corrected chi connectivity index (χ4v) is 3.83. The lowest BCUT2D eigenvalue weighted by molar-refractivity contribution is -0.167. The minimum Gasteiger partial charge on any atom is -0.483 e. The van der Waals surface area contributed by atoms with E-state index in [1.807, 2.05) is 6.07 Å². The molecular weight excluding hydrogens is 462 g/mol. The number of pyridine rings is 1. The van der Waals surface area contributed by atoms with Gasteiger partial charge >= 0.3 is 5.92 Å². The van der Waals surface area contributed by atoms with Crippen LogP contribution in [0.25, 0.3) is 11.3 Å². The van der Waals surface area contributed by atoms with Gasteiger partial charge in [-0.15, -0.1) is 0 Å². The van der Waals surface area contributed by atoms with E-state index < -0.39 is 37.2 Å². The van der Waals surface area contributed by atoms with E-state index in [1.54, 1.807) is 18.2 Å². The second-order valence-electron chi connectivity index (χ2n) is 8.63. The van der Waals surface area contributed by atoms with Crippen molar-refractivity contribution in [1.82, 2.24) is 9.88 Å². The first-order chi connectivity index (χ1) is 16.7. The third-order valence-electron chi connectivity index (χ3n) is 5.94. The number of hydrogen-bond acceptors (Lipinski definition) is 7. The number of likely N-dealkylation sites (tertiary alicyclic amines) is 1. The lowest BCUT2D eigenvalue weighted by Crippen LogP contribution is -2.57. The highest BCUT2D eigenvalue weighted by Crippen LogP contribution is 2.34. The lowest BCUT2D eigenvalue weighted by Gasteiger charge is -2.38. The Morgan fingerprint density at radius 1 is 1.29 bits per heavy atom. The molecule has 1 aliphatic heterocycles. The van der Waals surface area contributed by atoms with Gasteiger partial charge in [0.25, 0.3) is 5.91 Å². The summed E-state index contributed by atoms with van der Waals surface area (Å²) in [5.41, 5.74) is 1.63. The summed E-state index contributed by atoms with van der Waals surface area (Å²) in [4.78, 5) is 29.0. The molecule has 4 rings (SSSR count). The molecule has 35 heavy (non-hydrogen) atoms. The number of aliphatic hydroxyl groups excluding tert-OH is 2. The molecule has 2 atom stereocenters. The number of piperidine rings is 1. The SMILES string of the molecule is N#Cc1cc(-c2cc(NC(=O)C3CC3)ccn2)ccc1O[C@H]1CCN(C(=O)[C@@H](O)CO)CC1(F)F. The molecule has 1 saturated carbocycles. The Morgan fingerprint density at radius 2 is 2.06 bits per heavy atom. The number of aliphatic hydroxyl groups is 2. The summed E-state index contributed by atoms with van der Waals surface area (Å²) in [7, 11) is 0. The highest BCUT2D eigenvalue weighted by Gasteiger charge is 2.48. The third kappa shape index (κ3) is 5.55. The Hall–Kier alpha value is -3.62. The molecule has 0 radical (unpaired) electrons. The van der Waals surface area contributed by atoms with Gasteiger partial charge in [0.2, 0.25) is 5.91 Å². The van der Waals surface area contributed by atoms with E-state index in [4.69, 9.17) is 9.84 Å². The van der Waals surface area contributed by atoms with Crippen molar-refractivity contribution in [2.24, 2.45) is 5.92 Å². The molecule has 2 aliphatic rings. The van der Waals surface area contributed by atoms with E-state index in [0.29, 0.717) is 16.9 Å². The van der Waals surface area contributed by atoms with Crippen LogP contribution in [0.15, 0.2) is 36.5 Å². The van der Waals surface area contributed by atoms with E-state index in [1.165, 1.54) is 18.3 Å². The summed E-state index contributed by atoms with van der Waals surface area (Å²) in [6.07, 6.45) is -0.304. The van der Waals surface area contributed by atoms with Crippen molar-refractivity contribution in [2.45, 2.75) is 37.4 Å². The minimum atomic E-state index is -3.44. The third-order valence-corrected chi connectivity index (χ3v) is 5.94. The normalized spacial score (nSPS) is 20.0. The molecule has 0 bridgehead atoms. The Labute approximate surface area is 199 Å². The van der Waals surface area contributed by atoms with E-state index in [9.17, 15) is 28.7 Å². The predicted molar refractivity (Wildman–Crippen MR) is 119 cm³/mol. The topological polar surface area (TPSA) is 136 Å². The van der Waals surface area contributed by atoms with Crippen LogP contribution in [0.2, 0.25) is 0 Å². The van der Waals surface area contributed by atoms with Crippen molar-refractivity contribution in [3.05, 3.63) is 42.1 Å². The van der Waals surface area contributed by atoms with Crippen LogP contribution >= 0.6 is 0 Å². The molecule has 2 heterocycles. The zero-order chi connectivity index (χ0) is 25.2. The number of aromatic nitrogens is 1. The van der Waals surface area contributed by atoms with Crippen LogP contribution in [0.3, 0.4) is 0 Å². The second-order valence-corrected chi connectivity index (χ2v) is 8.63. The maximum absolute atomic E-state index is 14.7. The summed E-state index contributed by atoms with van der Waals surface area (Å²) < 4.78 is 35.0. The maximum atomic E-state index is 14.7. The van der Waals surface area contributed by atoms with Gasteiger partial charge in [0, 0.05) is 36.3 Å². The van der Waals surface area contributed by atoms with E-state index in [2.05, 4.69) is 10.3 Å². The standard InChI is InChI=1S/C24H24F2N4O5/c25-24(26)13-30(23(34)19(32)12-31)8-6-21(24)35-20-4-3-15(9-16(20)11-27)18-10-17(5-7-28-18)29-22(33)14-1-2-14/h3-5,7,9-10,14,19,21,31-32H,1-2,6,8,12-13H2,(H,28,29,33)/t19-,21-/m0/s1. The number of anilines is 1. The van der Waals surface area contributed by atoms with Crippen molar-refractivity contribution < 1.29 is 33.3 Å². The first-order valence-electron chi connectivity index (χ1n) is 11.2. The Morgan fingerprint density at radius 3 is 2.71 bits per heavy atom. The molecule has 2 fully saturated rings. The minimum absolute atomic E-state index is 0.0294. The number of alkyl halides is 2. The van der Waals surface area contributed by atoms with Gasteiger partial charge < -0.3 is 25.2 Å². The molecule has 0 unspecified atom stereocenters. The average Bonchev–Trinajstić information content (AvgIpc) is 3.70. The summed E-state index contributed by atoms with van der Waals surface area (Å²) in [6, 6.07) is 9.74. The molecule has 9 nitrogen and oxygen atoms in total. The molecule has 0 spiro atoms. The van der Waals surface area contributed by atoms with Crippen molar-refractivity contribution in [3.8, 4) is 23.1 Å². The molecule has 11 heteroatoms. The second kappa shape index (κ2) is 9.93. The van der Waals surface area contributed by atoms with Crippen molar-refractivity contribution in [1.29, 1.82) is 5.26 Å². The Bertz CT molecular complexity index is 1160. The highest BCUT2D eigenvalue weighted by atomic mass is 19.3. The number of carbonyl (C=O) groups is 2. The summed E-state index contributed by atoms with van der Waals surface area (Å²) in [5.74, 6) is -4.46. The van der Waals surface area contributed by atoms with Crippen LogP contribution in [0.1, 0.15) is 24.8 Å². The van der Waals surface area contributed by atoms with E-state index >= 15 is 0 Å². The molecular formula is C24H24F2N4O5. The predicted octanol–water partition coefficient (Wildman–Crippen LogP) is 1.94. The van der Waals surface area contributed by atoms with Crippen molar-refractivity contribution in [2.75, 3.05) is 25.0 Å². The number of rotatable bonds is 7. The Kier molecular flexibility index (Phi) is 6.95. The fraction of sp³-hybridized carbons (Fsp3) is 0.417. The number of carbonyl (C=O) groups excluding carboxylic acids is 2. The van der Waals surface area contributed by atoms with Gasteiger partial charge in [0.1, 0.15) is 11.8 Å². The fourth-order valence-electron chi connectivity index (χ4n) is 3.83. The number of ether oxygens (including phenoxy) is 1. The molecule has 1 saturated heterocycles. The molecule has 3 N–H and O–H groups in total. The van der Waals surface area contributed by atoms with Crippen LogP contribution in [-0.2, 0) is 9.59 Å². The number of nitrogens with zero attached hydrogens (tertiary/aromatic N) is 3. The first kappa shape index (κ1) is 24.5. The van der Waals surface area contributed by atoms with Crippen molar-refractivity contribution in [3.63, 3.8) is 0 Å². The van der Waals surface area contributed by atoms with Crippen LogP contribution in [-0.4, -0.2) is 69.7 Å². The number of amides is 2. The van der Waals surface area contributed by atoms with Crippen molar-refractivity contribution >= 4 is 17.5 Å². The Balaban J connectivity index is 1.48. The van der Waals surface area contributed by atoms with Gasteiger partial charge in [0.05, 0.1) is 24.4 Å². The molecule has 2 amide bonds. The number of nitriles is 1. The van der Waals surface area contributed by atoms with E-state index in [-0.39, 0.29) is 36.1 Å². The van der Waals surface area contributed by atoms with Crippen LogP contribution in [0.5, 0.6) is 5.75 Å². The molecule has 1 aromatic carbocycles. The number of halogens is 2. The molecule has 2 aromatic rings. The van der Waals surface area contributed by atoms with Crippen LogP contribution < -0.4 is 10.1 Å². The lowest BCUT2D eigenvalue weighted by atomic mass is 10.0. The number of hydrogen-bond donors (Lipinski definition) is 3. The van der Waals surface area contributed by atoms with Crippen LogP contribution in [0, 0.1) is 17.2 Å². The monoisotopic (exact) mass is 486 g/mol. The number of nitrogens with one attached hydrogen (secondary N) is 1. The highest BCUT2D eigenvalue weighted by molar-refractivity contribution is 5.94. The zero-order valence-electron chi connectivity index (χ0n) is 18.7. The summed E-state index contributed by atoms with van der Waals surface area (Å²) in [6.45, 7) is -1.93. The molecule has 1 aromatic heterocycles. The average molecular weight is 486 g/mol. The van der Waals surface area contributed by atoms with Gasteiger partial charge in [0.15, 0.2) is 12.2 Å². The van der Waals surface area contributed by atoms with E-state index in [0.717, 1.165) is 17.7 Å². The largest absolute Gasteiger partial charge is 0.483 e. The quantitative estimate of drug-likeness (QED) is 0.544. The summed E-state index contributed by atoms with van der Waals surface area (Å²) >= 11 is 0.